The Morgan fingerprint density at radius 2 is 2.27 bits per heavy atom. The summed E-state index contributed by atoms with van der Waals surface area (Å²) in [4.78, 5) is 0. The highest BCUT2D eigenvalue weighted by Gasteiger charge is 2.19. The van der Waals surface area contributed by atoms with E-state index in [-0.39, 0.29) is 0 Å². The first-order valence-corrected chi connectivity index (χ1v) is 6.18. The molecule has 0 bridgehead atoms. The molecule has 2 rings (SSSR count). The molecule has 15 heavy (non-hydrogen) atoms. The van der Waals surface area contributed by atoms with Crippen molar-refractivity contribution in [2.24, 2.45) is 0 Å². The van der Waals surface area contributed by atoms with Crippen molar-refractivity contribution in [3.8, 4) is 5.75 Å². The van der Waals surface area contributed by atoms with E-state index in [2.05, 4.69) is 27.3 Å². The smallest absolute Gasteiger partial charge is 0.132 e. The number of nitrogens with one attached hydrogen (secondary N) is 1. The molecule has 0 aromatic heterocycles. The third-order valence-electron chi connectivity index (χ3n) is 3.08. The van der Waals surface area contributed by atoms with Crippen LogP contribution in [0.15, 0.2) is 16.6 Å². The van der Waals surface area contributed by atoms with E-state index in [0.717, 1.165) is 23.1 Å². The molecule has 82 valence electrons. The van der Waals surface area contributed by atoms with Crippen LogP contribution in [0, 0.1) is 6.92 Å². The molecule has 2 N–H and O–H groups in total. The van der Waals surface area contributed by atoms with Crippen LogP contribution in [0.25, 0.3) is 0 Å². The van der Waals surface area contributed by atoms with Crippen LogP contribution >= 0.6 is 15.9 Å². The van der Waals surface area contributed by atoms with Gasteiger partial charge >= 0.3 is 0 Å². The van der Waals surface area contributed by atoms with E-state index in [4.69, 9.17) is 0 Å². The number of phenolic OH excluding ortho intramolecular Hbond substituents is 1. The number of aryl methyl sites for hydroxylation is 1. The van der Waals surface area contributed by atoms with Crippen LogP contribution < -0.4 is 5.32 Å². The number of hydrogen-bond donors (Lipinski definition) is 2. The summed E-state index contributed by atoms with van der Waals surface area (Å²) in [5.74, 6) is 0.915. The lowest BCUT2D eigenvalue weighted by Crippen LogP contribution is -2.28. The molecule has 1 atom stereocenters. The van der Waals surface area contributed by atoms with E-state index in [9.17, 15) is 5.11 Å². The van der Waals surface area contributed by atoms with Gasteiger partial charge in [0, 0.05) is 6.54 Å². The zero-order valence-corrected chi connectivity index (χ0v) is 10.5. The van der Waals surface area contributed by atoms with Gasteiger partial charge in [-0.3, -0.25) is 0 Å². The lowest BCUT2D eigenvalue weighted by atomic mass is 9.91. The molecule has 0 saturated carbocycles. The van der Waals surface area contributed by atoms with Crippen molar-refractivity contribution in [2.75, 3.05) is 13.1 Å². The zero-order valence-electron chi connectivity index (χ0n) is 8.89. The van der Waals surface area contributed by atoms with Gasteiger partial charge in [-0.15, -0.1) is 0 Å². The van der Waals surface area contributed by atoms with Crippen molar-refractivity contribution in [3.63, 3.8) is 0 Å². The molecular weight excluding hydrogens is 254 g/mol. The van der Waals surface area contributed by atoms with Crippen LogP contribution in [-0.2, 0) is 0 Å². The van der Waals surface area contributed by atoms with E-state index in [0.29, 0.717) is 11.7 Å². The highest BCUT2D eigenvalue weighted by Crippen LogP contribution is 2.37. The minimum absolute atomic E-state index is 0.387. The number of benzene rings is 1. The van der Waals surface area contributed by atoms with Gasteiger partial charge in [-0.25, -0.2) is 0 Å². The number of piperidine rings is 1. The van der Waals surface area contributed by atoms with Crippen LogP contribution in [0.2, 0.25) is 0 Å². The quantitative estimate of drug-likeness (QED) is 0.822. The summed E-state index contributed by atoms with van der Waals surface area (Å²) in [6.07, 6.45) is 2.42. The maximum absolute atomic E-state index is 9.85. The Hall–Kier alpha value is -0.540. The molecule has 1 aliphatic rings. The molecule has 0 spiro atoms. The maximum atomic E-state index is 9.85. The van der Waals surface area contributed by atoms with Crippen LogP contribution in [0.1, 0.15) is 29.9 Å². The molecular formula is C12H16BrNO. The summed E-state index contributed by atoms with van der Waals surface area (Å²) < 4.78 is 0.871. The average molecular weight is 270 g/mol. The second kappa shape index (κ2) is 4.54. The zero-order chi connectivity index (χ0) is 10.8. The predicted octanol–water partition coefficient (Wildman–Crippen LogP) is 2.93. The normalized spacial score (nSPS) is 21.6. The molecule has 0 radical (unpaired) electrons. The van der Waals surface area contributed by atoms with E-state index < -0.39 is 0 Å². The lowest BCUT2D eigenvalue weighted by Gasteiger charge is -2.24. The van der Waals surface area contributed by atoms with Gasteiger partial charge in [0.15, 0.2) is 0 Å². The third-order valence-corrected chi connectivity index (χ3v) is 3.92. The summed E-state index contributed by atoms with van der Waals surface area (Å²) in [5.41, 5.74) is 2.15. The molecule has 0 aliphatic carbocycles. The Morgan fingerprint density at radius 3 is 2.93 bits per heavy atom. The van der Waals surface area contributed by atoms with Gasteiger partial charge in [0.2, 0.25) is 0 Å². The Kier molecular flexibility index (Phi) is 3.32. The molecule has 1 aliphatic heterocycles. The highest BCUT2D eigenvalue weighted by molar-refractivity contribution is 9.10. The number of halogens is 1. The Labute approximate surface area is 98.8 Å². The third kappa shape index (κ3) is 2.18. The summed E-state index contributed by atoms with van der Waals surface area (Å²) >= 11 is 3.49. The number of aromatic hydroxyl groups is 1. The largest absolute Gasteiger partial charge is 0.506 e. The minimum Gasteiger partial charge on any atom is -0.506 e. The Bertz CT molecular complexity index is 359. The van der Waals surface area contributed by atoms with Crippen LogP contribution in [0.4, 0.5) is 0 Å². The first-order chi connectivity index (χ1) is 7.20. The molecule has 3 heteroatoms. The minimum atomic E-state index is 0.387. The highest BCUT2D eigenvalue weighted by atomic mass is 79.9. The second-order valence-electron chi connectivity index (χ2n) is 4.18. The predicted molar refractivity (Wildman–Crippen MR) is 65.4 cm³/mol. The molecule has 1 saturated heterocycles. The topological polar surface area (TPSA) is 32.3 Å². The van der Waals surface area contributed by atoms with Crippen molar-refractivity contribution in [2.45, 2.75) is 25.7 Å². The van der Waals surface area contributed by atoms with Gasteiger partial charge in [0.05, 0.1) is 4.47 Å². The summed E-state index contributed by atoms with van der Waals surface area (Å²) in [5, 5.41) is 13.2. The number of hydrogen-bond acceptors (Lipinski definition) is 2. The van der Waals surface area contributed by atoms with Crippen LogP contribution in [0.5, 0.6) is 5.75 Å². The summed E-state index contributed by atoms with van der Waals surface area (Å²) in [6, 6.07) is 4.11. The van der Waals surface area contributed by atoms with Gasteiger partial charge in [0.25, 0.3) is 0 Å². The maximum Gasteiger partial charge on any atom is 0.132 e. The van der Waals surface area contributed by atoms with E-state index in [1.807, 2.05) is 13.0 Å². The van der Waals surface area contributed by atoms with Crippen molar-refractivity contribution in [3.05, 3.63) is 27.7 Å². The molecule has 1 heterocycles. The van der Waals surface area contributed by atoms with Crippen LogP contribution in [0.3, 0.4) is 0 Å². The van der Waals surface area contributed by atoms with E-state index in [1.54, 1.807) is 0 Å². The lowest BCUT2D eigenvalue weighted by molar-refractivity contribution is 0.447. The number of rotatable bonds is 1. The van der Waals surface area contributed by atoms with Crippen LogP contribution in [-0.4, -0.2) is 18.2 Å². The molecule has 0 amide bonds. The second-order valence-corrected chi connectivity index (χ2v) is 4.97. The van der Waals surface area contributed by atoms with E-state index >= 15 is 0 Å². The Balaban J connectivity index is 2.31. The first kappa shape index (κ1) is 11.0. The summed E-state index contributed by atoms with van der Waals surface area (Å²) in [7, 11) is 0. The average Bonchev–Trinajstić information content (AvgIpc) is 2.27. The van der Waals surface area contributed by atoms with Gasteiger partial charge in [0.1, 0.15) is 5.75 Å². The summed E-state index contributed by atoms with van der Waals surface area (Å²) in [6.45, 7) is 4.05. The van der Waals surface area contributed by atoms with E-state index in [1.165, 1.54) is 18.4 Å². The molecule has 1 aromatic rings. The van der Waals surface area contributed by atoms with Crippen molar-refractivity contribution in [1.82, 2.24) is 5.32 Å². The fourth-order valence-corrected chi connectivity index (χ4v) is 2.88. The monoisotopic (exact) mass is 269 g/mol. The molecule has 1 unspecified atom stereocenters. The van der Waals surface area contributed by atoms with Gasteiger partial charge in [-0.2, -0.15) is 0 Å². The van der Waals surface area contributed by atoms with Crippen molar-refractivity contribution >= 4 is 15.9 Å². The number of phenols is 1. The van der Waals surface area contributed by atoms with Crippen molar-refractivity contribution < 1.29 is 5.11 Å². The SMILES string of the molecule is Cc1ccc(C2CCCNC2)c(Br)c1O. The van der Waals surface area contributed by atoms with Gasteiger partial charge in [-0.05, 0) is 59.3 Å². The fourth-order valence-electron chi connectivity index (χ4n) is 2.11. The van der Waals surface area contributed by atoms with Crippen molar-refractivity contribution in [1.29, 1.82) is 0 Å². The fraction of sp³-hybridized carbons (Fsp3) is 0.500. The molecule has 2 nitrogen and oxygen atoms in total. The Morgan fingerprint density at radius 1 is 1.47 bits per heavy atom. The molecule has 1 aromatic carbocycles. The first-order valence-electron chi connectivity index (χ1n) is 5.39. The molecule has 1 fully saturated rings. The van der Waals surface area contributed by atoms with Gasteiger partial charge in [-0.1, -0.05) is 12.1 Å². The van der Waals surface area contributed by atoms with Gasteiger partial charge < -0.3 is 10.4 Å². The standard InChI is InChI=1S/C12H16BrNO/c1-8-4-5-10(11(13)12(8)15)9-3-2-6-14-7-9/h4-5,9,14-15H,2-3,6-7H2,1H3.